The smallest absolute Gasteiger partial charge is 0.410 e. The van der Waals surface area contributed by atoms with Gasteiger partial charge in [0.15, 0.2) is 0 Å². The van der Waals surface area contributed by atoms with Crippen LogP contribution in [0.4, 0.5) is 4.79 Å². The molecule has 256 valence electrons. The number of hydrogen-bond donors (Lipinski definition) is 2. The lowest BCUT2D eigenvalue weighted by Crippen LogP contribution is -2.47. The first-order valence-corrected chi connectivity index (χ1v) is 18.3. The number of nitrogens with one attached hydrogen (secondary N) is 2. The van der Waals surface area contributed by atoms with E-state index in [9.17, 15) is 4.79 Å². The fourth-order valence-corrected chi connectivity index (χ4v) is 8.87. The molecule has 2 N–H and O–H groups in total. The molecule has 3 aromatic carbocycles. The number of H-pyrrole nitrogens is 2. The van der Waals surface area contributed by atoms with Crippen LogP contribution in [-0.4, -0.2) is 59.6 Å². The molecule has 4 heterocycles. The van der Waals surface area contributed by atoms with E-state index >= 15 is 0 Å². The van der Waals surface area contributed by atoms with Crippen LogP contribution < -0.4 is 0 Å². The number of rotatable bonds is 4. The maximum atomic E-state index is 12.9. The number of aromatic amines is 2. The summed E-state index contributed by atoms with van der Waals surface area (Å²) in [5.74, 6) is 2.70. The normalized spacial score (nSPS) is 23.4. The number of likely N-dealkylation sites (tertiary alicyclic amines) is 2. The van der Waals surface area contributed by atoms with Crippen molar-refractivity contribution < 1.29 is 9.53 Å². The van der Waals surface area contributed by atoms with Crippen LogP contribution in [0.25, 0.3) is 44.2 Å². The Balaban J connectivity index is 1.02. The molecule has 1 saturated carbocycles. The zero-order valence-electron chi connectivity index (χ0n) is 29.8. The average molecular weight is 659 g/mol. The molecule has 3 aliphatic rings. The molecule has 2 aromatic heterocycles. The summed E-state index contributed by atoms with van der Waals surface area (Å²) in [6.45, 7) is 13.5. The van der Waals surface area contributed by atoms with Gasteiger partial charge in [-0.3, -0.25) is 9.80 Å². The minimum absolute atomic E-state index is 0.102. The number of hydrogen-bond acceptors (Lipinski definition) is 5. The molecule has 8 nitrogen and oxygen atoms in total. The highest BCUT2D eigenvalue weighted by Crippen LogP contribution is 2.49. The molecule has 1 aliphatic carbocycles. The fourth-order valence-electron chi connectivity index (χ4n) is 8.87. The van der Waals surface area contributed by atoms with E-state index in [0.29, 0.717) is 18.6 Å². The Labute approximate surface area is 289 Å². The summed E-state index contributed by atoms with van der Waals surface area (Å²) in [6, 6.07) is 20.8. The number of aromatic nitrogens is 4. The van der Waals surface area contributed by atoms with Crippen molar-refractivity contribution in [1.29, 1.82) is 0 Å². The molecular weight excluding hydrogens is 608 g/mol. The van der Waals surface area contributed by atoms with Crippen LogP contribution in [-0.2, 0) is 4.74 Å². The summed E-state index contributed by atoms with van der Waals surface area (Å²) in [5.41, 5.74) is 6.12. The molecule has 4 atom stereocenters. The van der Waals surface area contributed by atoms with E-state index in [1.165, 1.54) is 54.0 Å². The van der Waals surface area contributed by atoms with Gasteiger partial charge in [0, 0.05) is 23.7 Å². The number of imidazole rings is 2. The molecule has 2 aliphatic heterocycles. The third kappa shape index (κ3) is 6.13. The zero-order chi connectivity index (χ0) is 34.1. The van der Waals surface area contributed by atoms with E-state index in [1.807, 2.05) is 27.0 Å². The Bertz CT molecular complexity index is 2010. The summed E-state index contributed by atoms with van der Waals surface area (Å²) >= 11 is 0. The highest BCUT2D eigenvalue weighted by molar-refractivity contribution is 5.91. The van der Waals surface area contributed by atoms with Crippen molar-refractivity contribution in [2.75, 3.05) is 6.54 Å². The minimum atomic E-state index is -0.526. The van der Waals surface area contributed by atoms with Gasteiger partial charge in [-0.25, -0.2) is 14.8 Å². The molecule has 3 fully saturated rings. The van der Waals surface area contributed by atoms with Gasteiger partial charge in [0.25, 0.3) is 0 Å². The Morgan fingerprint density at radius 3 is 2.29 bits per heavy atom. The molecule has 0 bridgehead atoms. The number of ether oxygens (including phenoxy) is 1. The highest BCUT2D eigenvalue weighted by Gasteiger charge is 2.48. The summed E-state index contributed by atoms with van der Waals surface area (Å²) in [6.07, 6.45) is 9.97. The fraction of sp³-hybridized carbons (Fsp3) is 0.488. The van der Waals surface area contributed by atoms with Crippen molar-refractivity contribution in [2.24, 2.45) is 5.92 Å². The number of benzene rings is 3. The van der Waals surface area contributed by atoms with Crippen LogP contribution in [0.5, 0.6) is 0 Å². The molecular formula is C41H50N6O2. The van der Waals surface area contributed by atoms with Gasteiger partial charge >= 0.3 is 6.09 Å². The third-order valence-corrected chi connectivity index (χ3v) is 11.0. The van der Waals surface area contributed by atoms with Gasteiger partial charge in [0.1, 0.15) is 17.2 Å². The Morgan fingerprint density at radius 2 is 1.51 bits per heavy atom. The lowest BCUT2D eigenvalue weighted by molar-refractivity contribution is 0.0218. The molecule has 8 rings (SSSR count). The summed E-state index contributed by atoms with van der Waals surface area (Å²) < 4.78 is 5.67. The van der Waals surface area contributed by atoms with Crippen molar-refractivity contribution >= 4 is 27.9 Å². The molecule has 1 amide bonds. The molecule has 5 aromatic rings. The maximum absolute atomic E-state index is 12.9. The van der Waals surface area contributed by atoms with Gasteiger partial charge in [-0.2, -0.15) is 0 Å². The summed E-state index contributed by atoms with van der Waals surface area (Å²) in [7, 11) is 0. The van der Waals surface area contributed by atoms with Crippen molar-refractivity contribution in [3.63, 3.8) is 0 Å². The van der Waals surface area contributed by atoms with Crippen molar-refractivity contribution in [3.8, 4) is 22.4 Å². The van der Waals surface area contributed by atoms with Gasteiger partial charge in [-0.15, -0.1) is 0 Å². The second-order valence-corrected chi connectivity index (χ2v) is 16.6. The van der Waals surface area contributed by atoms with Crippen LogP contribution in [0.15, 0.2) is 60.8 Å². The first-order valence-electron chi connectivity index (χ1n) is 18.3. The maximum Gasteiger partial charge on any atom is 0.410 e. The van der Waals surface area contributed by atoms with Crippen molar-refractivity contribution in [3.05, 3.63) is 72.4 Å². The second-order valence-electron chi connectivity index (χ2n) is 16.6. The monoisotopic (exact) mass is 658 g/mol. The van der Waals surface area contributed by atoms with E-state index in [0.717, 1.165) is 52.7 Å². The molecule has 2 saturated heterocycles. The molecule has 49 heavy (non-hydrogen) atoms. The molecule has 0 spiro atoms. The van der Waals surface area contributed by atoms with Crippen LogP contribution in [0.3, 0.4) is 0 Å². The number of amides is 1. The largest absolute Gasteiger partial charge is 0.444 e. The Hall–Kier alpha value is -4.17. The van der Waals surface area contributed by atoms with E-state index in [-0.39, 0.29) is 17.7 Å². The third-order valence-electron chi connectivity index (χ3n) is 11.0. The molecule has 0 radical (unpaired) electrons. The Kier molecular flexibility index (Phi) is 7.86. The molecule has 0 unspecified atom stereocenters. The van der Waals surface area contributed by atoms with Gasteiger partial charge in [0.05, 0.1) is 35.0 Å². The predicted molar refractivity (Wildman–Crippen MR) is 196 cm³/mol. The lowest BCUT2D eigenvalue weighted by Gasteiger charge is -2.42. The van der Waals surface area contributed by atoms with E-state index in [4.69, 9.17) is 14.7 Å². The Morgan fingerprint density at radius 1 is 0.796 bits per heavy atom. The van der Waals surface area contributed by atoms with Crippen LogP contribution in [0, 0.1) is 5.92 Å². The van der Waals surface area contributed by atoms with Crippen molar-refractivity contribution in [2.45, 2.75) is 116 Å². The second kappa shape index (κ2) is 12.0. The van der Waals surface area contributed by atoms with Crippen LogP contribution in [0.2, 0.25) is 0 Å². The number of carbonyl (C=O) groups is 1. The quantitative estimate of drug-likeness (QED) is 0.201. The minimum Gasteiger partial charge on any atom is -0.444 e. The number of carbonyl (C=O) groups excluding carboxylic acids is 1. The number of nitrogens with zero attached hydrogens (tertiary/aromatic N) is 4. The topological polar surface area (TPSA) is 90.1 Å². The SMILES string of the molecule is CC(C)(C)OC(=O)N1CCC[C@H]1c1ncc(-c2ccc3cc(-c4ccc5nc([C@@H]6C[C@@H]7CCCC[C@@H]7N6C(C)(C)C)[nH]c5c4)ccc3c2)[nH]1. The predicted octanol–water partition coefficient (Wildman–Crippen LogP) is 9.95. The van der Waals surface area contributed by atoms with Crippen molar-refractivity contribution in [1.82, 2.24) is 29.7 Å². The van der Waals surface area contributed by atoms with Gasteiger partial charge in [0.2, 0.25) is 0 Å². The standard InChI is InChI=1S/C41H50N6O2/c1-40(2,3)47-34-11-8-7-10-30(34)23-36(47)38-43-31-18-17-28(22-32(31)44-38)26-13-14-27-21-29(16-15-25(27)20-26)33-24-42-37(45-33)35-12-9-19-46(35)39(48)49-41(4,5)6/h13-18,20-22,24,30,34-36H,7-12,19,23H2,1-6H3,(H,42,45)(H,43,44)/t30-,34-,35-,36-/m0/s1. The summed E-state index contributed by atoms with van der Waals surface area (Å²) in [4.78, 5) is 34.6. The first-order chi connectivity index (χ1) is 23.4. The van der Waals surface area contributed by atoms with Crippen LogP contribution >= 0.6 is 0 Å². The van der Waals surface area contributed by atoms with Gasteiger partial charge in [-0.1, -0.05) is 43.2 Å². The summed E-state index contributed by atoms with van der Waals surface area (Å²) in [5, 5.41) is 2.36. The molecule has 8 heteroatoms. The van der Waals surface area contributed by atoms with E-state index < -0.39 is 5.60 Å². The lowest BCUT2D eigenvalue weighted by atomic mass is 9.84. The zero-order valence-corrected chi connectivity index (χ0v) is 29.8. The van der Waals surface area contributed by atoms with E-state index in [1.54, 1.807) is 4.90 Å². The van der Waals surface area contributed by atoms with Gasteiger partial charge in [-0.05, 0) is 126 Å². The number of fused-ring (bicyclic) bond motifs is 3. The highest BCUT2D eigenvalue weighted by atomic mass is 16.6. The van der Waals surface area contributed by atoms with Gasteiger partial charge < -0.3 is 14.7 Å². The van der Waals surface area contributed by atoms with Crippen LogP contribution in [0.1, 0.15) is 110 Å². The first kappa shape index (κ1) is 32.1. The average Bonchev–Trinajstić information content (AvgIpc) is 3.87. The van der Waals surface area contributed by atoms with E-state index in [2.05, 4.69) is 90.2 Å².